The van der Waals surface area contributed by atoms with Gasteiger partial charge in [-0.1, -0.05) is 17.7 Å². The Morgan fingerprint density at radius 3 is 2.70 bits per heavy atom. The van der Waals surface area contributed by atoms with Crippen molar-refractivity contribution < 1.29 is 19.1 Å². The molecule has 5 rings (SSSR count). The molecule has 2 fully saturated rings. The fraction of sp³-hybridized carbons (Fsp3) is 0.423. The lowest BCUT2D eigenvalue weighted by Gasteiger charge is -2.37. The normalized spacial score (nSPS) is 22.7. The molecule has 172 valence electrons. The summed E-state index contributed by atoms with van der Waals surface area (Å²) in [6.07, 6.45) is 4.17. The standard InChI is InChI=1S/C26H29N3O4/c1-17-5-8-21(9-6-17)29-16-18(14-24(29)30)25(31)27-19-7-10-23-22(15-19)26(32)28-12-3-2-4-20(28)11-13-33-23/h5-10,15,18,20H,2-4,11-14,16H2,1H3,(H,27,31). The Kier molecular flexibility index (Phi) is 5.79. The summed E-state index contributed by atoms with van der Waals surface area (Å²) in [5.41, 5.74) is 2.96. The molecule has 0 aromatic heterocycles. The van der Waals surface area contributed by atoms with Gasteiger partial charge in [-0.15, -0.1) is 0 Å². The number of anilines is 2. The van der Waals surface area contributed by atoms with E-state index in [4.69, 9.17) is 4.74 Å². The fourth-order valence-corrected chi connectivity index (χ4v) is 5.03. The van der Waals surface area contributed by atoms with Gasteiger partial charge in [-0.05, 0) is 56.5 Å². The first-order valence-corrected chi connectivity index (χ1v) is 11.8. The number of fused-ring (bicyclic) bond motifs is 2. The number of carbonyl (C=O) groups is 3. The maximum Gasteiger partial charge on any atom is 0.257 e. The zero-order chi connectivity index (χ0) is 22.9. The van der Waals surface area contributed by atoms with Crippen LogP contribution in [0.4, 0.5) is 11.4 Å². The van der Waals surface area contributed by atoms with Crippen molar-refractivity contribution in [2.24, 2.45) is 5.92 Å². The van der Waals surface area contributed by atoms with E-state index in [9.17, 15) is 14.4 Å². The van der Waals surface area contributed by atoms with Crippen LogP contribution < -0.4 is 15.0 Å². The number of nitrogens with zero attached hydrogens (tertiary/aromatic N) is 2. The number of rotatable bonds is 3. The van der Waals surface area contributed by atoms with E-state index in [2.05, 4.69) is 5.32 Å². The van der Waals surface area contributed by atoms with E-state index in [-0.39, 0.29) is 30.2 Å². The zero-order valence-corrected chi connectivity index (χ0v) is 18.9. The third-order valence-electron chi connectivity index (χ3n) is 6.92. The second-order valence-electron chi connectivity index (χ2n) is 9.23. The van der Waals surface area contributed by atoms with Gasteiger partial charge < -0.3 is 19.9 Å². The lowest BCUT2D eigenvalue weighted by Crippen LogP contribution is -2.45. The molecule has 0 aliphatic carbocycles. The van der Waals surface area contributed by atoms with Gasteiger partial charge >= 0.3 is 0 Å². The van der Waals surface area contributed by atoms with Crippen molar-refractivity contribution in [1.82, 2.24) is 4.90 Å². The zero-order valence-electron chi connectivity index (χ0n) is 18.9. The third kappa shape index (κ3) is 4.32. The van der Waals surface area contributed by atoms with E-state index in [1.807, 2.05) is 36.1 Å². The summed E-state index contributed by atoms with van der Waals surface area (Å²) >= 11 is 0. The predicted molar refractivity (Wildman–Crippen MR) is 125 cm³/mol. The van der Waals surface area contributed by atoms with Gasteiger partial charge in [0.2, 0.25) is 11.8 Å². The number of hydrogen-bond acceptors (Lipinski definition) is 4. The average molecular weight is 448 g/mol. The summed E-state index contributed by atoms with van der Waals surface area (Å²) in [5, 5.41) is 2.92. The summed E-state index contributed by atoms with van der Waals surface area (Å²) in [5.74, 6) is -0.195. The molecule has 3 amide bonds. The molecule has 0 bridgehead atoms. The molecule has 2 aromatic carbocycles. The molecular weight excluding hydrogens is 418 g/mol. The van der Waals surface area contributed by atoms with E-state index in [1.54, 1.807) is 23.1 Å². The topological polar surface area (TPSA) is 79.0 Å². The van der Waals surface area contributed by atoms with Gasteiger partial charge in [0.15, 0.2) is 0 Å². The number of amides is 3. The van der Waals surface area contributed by atoms with E-state index >= 15 is 0 Å². The van der Waals surface area contributed by atoms with Crippen LogP contribution in [-0.4, -0.2) is 48.4 Å². The Labute approximate surface area is 193 Å². The SMILES string of the molecule is Cc1ccc(N2CC(C(=O)Nc3ccc4c(c3)C(=O)N3CCCCC3CCO4)CC2=O)cc1. The second kappa shape index (κ2) is 8.89. The first kappa shape index (κ1) is 21.5. The molecule has 1 N–H and O–H groups in total. The van der Waals surface area contributed by atoms with Gasteiger partial charge in [-0.25, -0.2) is 0 Å². The lowest BCUT2D eigenvalue weighted by molar-refractivity contribution is -0.122. The largest absolute Gasteiger partial charge is 0.493 e. The van der Waals surface area contributed by atoms with Crippen LogP contribution in [-0.2, 0) is 9.59 Å². The number of nitrogens with one attached hydrogen (secondary N) is 1. The summed E-state index contributed by atoms with van der Waals surface area (Å²) in [6, 6.07) is 13.2. The van der Waals surface area contributed by atoms with Crippen LogP contribution in [0.25, 0.3) is 0 Å². The minimum Gasteiger partial charge on any atom is -0.493 e. The Balaban J connectivity index is 1.31. The highest BCUT2D eigenvalue weighted by atomic mass is 16.5. The monoisotopic (exact) mass is 447 g/mol. The van der Waals surface area contributed by atoms with E-state index in [0.29, 0.717) is 30.2 Å². The summed E-state index contributed by atoms with van der Waals surface area (Å²) in [7, 11) is 0. The molecule has 3 aliphatic rings. The molecule has 33 heavy (non-hydrogen) atoms. The van der Waals surface area contributed by atoms with Crippen molar-refractivity contribution in [2.45, 2.75) is 45.1 Å². The first-order valence-electron chi connectivity index (χ1n) is 11.8. The molecular formula is C26H29N3O4. The molecule has 0 saturated carbocycles. The molecule has 7 heteroatoms. The van der Waals surface area contributed by atoms with E-state index in [0.717, 1.165) is 43.5 Å². The van der Waals surface area contributed by atoms with Gasteiger partial charge in [0, 0.05) is 43.3 Å². The Bertz CT molecular complexity index is 1080. The molecule has 0 radical (unpaired) electrons. The van der Waals surface area contributed by atoms with Crippen LogP contribution in [0.5, 0.6) is 5.75 Å². The van der Waals surface area contributed by atoms with Crippen molar-refractivity contribution in [3.63, 3.8) is 0 Å². The molecule has 2 aromatic rings. The Morgan fingerprint density at radius 1 is 1.06 bits per heavy atom. The number of piperidine rings is 1. The van der Waals surface area contributed by atoms with Crippen LogP contribution in [0.3, 0.4) is 0 Å². The smallest absolute Gasteiger partial charge is 0.257 e. The van der Waals surface area contributed by atoms with E-state index < -0.39 is 5.92 Å². The van der Waals surface area contributed by atoms with Crippen molar-refractivity contribution in [1.29, 1.82) is 0 Å². The van der Waals surface area contributed by atoms with Crippen molar-refractivity contribution in [2.75, 3.05) is 29.9 Å². The van der Waals surface area contributed by atoms with Gasteiger partial charge in [0.05, 0.1) is 18.1 Å². The number of hydrogen-bond donors (Lipinski definition) is 1. The molecule has 7 nitrogen and oxygen atoms in total. The highest BCUT2D eigenvalue weighted by molar-refractivity contribution is 6.04. The summed E-state index contributed by atoms with van der Waals surface area (Å²) in [6.45, 7) is 3.68. The summed E-state index contributed by atoms with van der Waals surface area (Å²) in [4.78, 5) is 42.4. The quantitative estimate of drug-likeness (QED) is 0.777. The fourth-order valence-electron chi connectivity index (χ4n) is 5.03. The number of benzene rings is 2. The Hall–Kier alpha value is -3.35. The minimum atomic E-state index is -0.445. The van der Waals surface area contributed by atoms with Crippen LogP contribution in [0.2, 0.25) is 0 Å². The average Bonchev–Trinajstić information content (AvgIpc) is 3.21. The molecule has 2 saturated heterocycles. The molecule has 2 atom stereocenters. The number of carbonyl (C=O) groups excluding carboxylic acids is 3. The lowest BCUT2D eigenvalue weighted by atomic mass is 9.97. The second-order valence-corrected chi connectivity index (χ2v) is 9.23. The van der Waals surface area contributed by atoms with Crippen molar-refractivity contribution in [3.05, 3.63) is 53.6 Å². The highest BCUT2D eigenvalue weighted by Crippen LogP contribution is 2.32. The van der Waals surface area contributed by atoms with Crippen LogP contribution in [0, 0.1) is 12.8 Å². The van der Waals surface area contributed by atoms with Crippen molar-refractivity contribution >= 4 is 29.1 Å². The predicted octanol–water partition coefficient (Wildman–Crippen LogP) is 3.76. The van der Waals surface area contributed by atoms with Crippen LogP contribution in [0.1, 0.15) is 48.0 Å². The summed E-state index contributed by atoms with van der Waals surface area (Å²) < 4.78 is 5.88. The van der Waals surface area contributed by atoms with Gasteiger partial charge in [0.25, 0.3) is 5.91 Å². The molecule has 3 aliphatic heterocycles. The number of aryl methyl sites for hydroxylation is 1. The third-order valence-corrected chi connectivity index (χ3v) is 6.92. The van der Waals surface area contributed by atoms with Gasteiger partial charge in [-0.2, -0.15) is 0 Å². The van der Waals surface area contributed by atoms with Gasteiger partial charge in [-0.3, -0.25) is 14.4 Å². The van der Waals surface area contributed by atoms with Gasteiger partial charge in [0.1, 0.15) is 5.75 Å². The van der Waals surface area contributed by atoms with Crippen LogP contribution in [0.15, 0.2) is 42.5 Å². The Morgan fingerprint density at radius 2 is 1.88 bits per heavy atom. The minimum absolute atomic E-state index is 0.0351. The molecule has 3 heterocycles. The molecule has 2 unspecified atom stereocenters. The molecule has 0 spiro atoms. The maximum atomic E-state index is 13.3. The van der Waals surface area contributed by atoms with Crippen molar-refractivity contribution in [3.8, 4) is 5.75 Å². The number of ether oxygens (including phenoxy) is 1. The first-order chi connectivity index (χ1) is 16.0. The van der Waals surface area contributed by atoms with E-state index in [1.165, 1.54) is 0 Å². The van der Waals surface area contributed by atoms with Crippen LogP contribution >= 0.6 is 0 Å². The maximum absolute atomic E-state index is 13.3. The highest BCUT2D eigenvalue weighted by Gasteiger charge is 2.36.